The van der Waals surface area contributed by atoms with Gasteiger partial charge < -0.3 is 0 Å². The molecule has 0 heterocycles. The molecule has 0 saturated heterocycles. The lowest BCUT2D eigenvalue weighted by Crippen LogP contribution is -1.69. The molecule has 3 heteroatoms. The highest BCUT2D eigenvalue weighted by Gasteiger charge is 1.79. The standard InChI is InChI=1S/C3H6O2P/c1-2-3-5-6-4/h2,6H,1,3H2/q+1. The predicted octanol–water partition coefficient (Wildman–Crippen LogP) is 1.13. The van der Waals surface area contributed by atoms with Gasteiger partial charge in [0.05, 0.1) is 0 Å². The summed E-state index contributed by atoms with van der Waals surface area (Å²) < 4.78 is 13.8. The van der Waals surface area contributed by atoms with E-state index in [0.29, 0.717) is 6.61 Å². The minimum atomic E-state index is -0.657. The number of hydrogen-bond acceptors (Lipinski definition) is 2. The Labute approximate surface area is 38.1 Å². The van der Waals surface area contributed by atoms with Crippen molar-refractivity contribution in [1.29, 1.82) is 0 Å². The quantitative estimate of drug-likeness (QED) is 0.305. The highest BCUT2D eigenvalue weighted by molar-refractivity contribution is 7.17. The van der Waals surface area contributed by atoms with Gasteiger partial charge in [0.2, 0.25) is 0 Å². The molecule has 0 aromatic heterocycles. The van der Waals surface area contributed by atoms with Crippen molar-refractivity contribution < 1.29 is 9.09 Å². The van der Waals surface area contributed by atoms with Crippen LogP contribution in [0.3, 0.4) is 0 Å². The molecule has 1 unspecified atom stereocenters. The molecular weight excluding hydrogens is 99.0 g/mol. The second-order valence-corrected chi connectivity index (χ2v) is 1.14. The van der Waals surface area contributed by atoms with Crippen molar-refractivity contribution in [2.45, 2.75) is 0 Å². The summed E-state index contributed by atoms with van der Waals surface area (Å²) in [6.45, 7) is 3.72. The molecule has 0 rings (SSSR count). The molecule has 0 aliphatic rings. The molecule has 0 aliphatic heterocycles. The molecule has 0 fully saturated rings. The normalized spacial score (nSPS) is 8.67. The van der Waals surface area contributed by atoms with Gasteiger partial charge in [-0.3, -0.25) is 0 Å². The predicted molar refractivity (Wildman–Crippen MR) is 25.2 cm³/mol. The van der Waals surface area contributed by atoms with Crippen molar-refractivity contribution in [1.82, 2.24) is 0 Å². The van der Waals surface area contributed by atoms with Crippen LogP contribution in [0.4, 0.5) is 0 Å². The highest BCUT2D eigenvalue weighted by atomic mass is 31.1. The third-order valence-corrected chi connectivity index (χ3v) is 0.545. The van der Waals surface area contributed by atoms with E-state index in [2.05, 4.69) is 11.1 Å². The molecule has 0 aromatic carbocycles. The van der Waals surface area contributed by atoms with E-state index in [1.54, 1.807) is 6.08 Å². The Morgan fingerprint density at radius 3 is 2.83 bits per heavy atom. The zero-order valence-corrected chi connectivity index (χ0v) is 4.31. The summed E-state index contributed by atoms with van der Waals surface area (Å²) in [6, 6.07) is 0. The van der Waals surface area contributed by atoms with Crippen LogP contribution in [0.1, 0.15) is 0 Å². The Bertz CT molecular complexity index is 44.8. The highest BCUT2D eigenvalue weighted by Crippen LogP contribution is 1.90. The van der Waals surface area contributed by atoms with Crippen LogP contribution in [0.5, 0.6) is 0 Å². The summed E-state index contributed by atoms with van der Waals surface area (Å²) in [4.78, 5) is 0. The van der Waals surface area contributed by atoms with E-state index in [1.165, 1.54) is 0 Å². The summed E-state index contributed by atoms with van der Waals surface area (Å²) in [7, 11) is -0.657. The van der Waals surface area contributed by atoms with Gasteiger partial charge in [-0.2, -0.15) is 0 Å². The van der Waals surface area contributed by atoms with Gasteiger partial charge in [-0.05, 0) is 4.57 Å². The Hall–Kier alpha value is -0.200. The first-order valence-corrected chi connectivity index (χ1v) is 2.33. The number of hydrogen-bond donors (Lipinski definition) is 0. The van der Waals surface area contributed by atoms with Crippen molar-refractivity contribution in [2.24, 2.45) is 0 Å². The topological polar surface area (TPSA) is 26.3 Å². The maximum atomic E-state index is 9.45. The Morgan fingerprint density at radius 1 is 2.00 bits per heavy atom. The molecule has 0 spiro atoms. The first-order valence-electron chi connectivity index (χ1n) is 1.51. The lowest BCUT2D eigenvalue weighted by Gasteiger charge is -1.67. The molecule has 0 amide bonds. The largest absolute Gasteiger partial charge is 0.494 e. The van der Waals surface area contributed by atoms with E-state index in [0.717, 1.165) is 0 Å². The third kappa shape index (κ3) is 3.80. The zero-order chi connectivity index (χ0) is 4.83. The second kappa shape index (κ2) is 4.80. The average molecular weight is 105 g/mol. The van der Waals surface area contributed by atoms with Crippen LogP contribution >= 0.6 is 8.69 Å². The molecule has 0 N–H and O–H groups in total. The van der Waals surface area contributed by atoms with Crippen molar-refractivity contribution in [3.63, 3.8) is 0 Å². The molecule has 0 radical (unpaired) electrons. The van der Waals surface area contributed by atoms with E-state index < -0.39 is 8.69 Å². The Kier molecular flexibility index (Phi) is 4.64. The fourth-order valence-corrected chi connectivity index (χ4v) is 0.279. The lowest BCUT2D eigenvalue weighted by molar-refractivity contribution is 0.387. The summed E-state index contributed by atoms with van der Waals surface area (Å²) in [5.74, 6) is 0. The number of rotatable bonds is 3. The summed E-state index contributed by atoms with van der Waals surface area (Å²) in [5.41, 5.74) is 0. The molecule has 0 bridgehead atoms. The fraction of sp³-hybridized carbons (Fsp3) is 0.333. The van der Waals surface area contributed by atoms with Gasteiger partial charge in [-0.25, -0.2) is 0 Å². The van der Waals surface area contributed by atoms with Gasteiger partial charge in [-0.1, -0.05) is 6.08 Å². The van der Waals surface area contributed by atoms with Crippen molar-refractivity contribution in [3.05, 3.63) is 12.7 Å². The molecule has 6 heavy (non-hydrogen) atoms. The van der Waals surface area contributed by atoms with Gasteiger partial charge in [0.1, 0.15) is 6.61 Å². The van der Waals surface area contributed by atoms with Crippen LogP contribution in [-0.4, -0.2) is 6.61 Å². The first-order chi connectivity index (χ1) is 2.91. The van der Waals surface area contributed by atoms with Crippen LogP contribution in [0.15, 0.2) is 12.7 Å². The summed E-state index contributed by atoms with van der Waals surface area (Å²) in [5, 5.41) is 0. The fourth-order valence-electron chi connectivity index (χ4n) is 0.0929. The smallest absolute Gasteiger partial charge is 0.144 e. The maximum Gasteiger partial charge on any atom is 0.494 e. The minimum absolute atomic E-state index is 0.377. The zero-order valence-electron chi connectivity index (χ0n) is 3.31. The van der Waals surface area contributed by atoms with Crippen LogP contribution in [0.25, 0.3) is 0 Å². The lowest BCUT2D eigenvalue weighted by atomic mass is 10.7. The van der Waals surface area contributed by atoms with Crippen molar-refractivity contribution >= 4 is 8.69 Å². The molecule has 1 atom stereocenters. The van der Waals surface area contributed by atoms with E-state index in [-0.39, 0.29) is 0 Å². The molecule has 34 valence electrons. The van der Waals surface area contributed by atoms with E-state index in [4.69, 9.17) is 0 Å². The molecular formula is C3H6O2P+. The van der Waals surface area contributed by atoms with Gasteiger partial charge in [0.15, 0.2) is 0 Å². The van der Waals surface area contributed by atoms with E-state index in [1.807, 2.05) is 0 Å². The van der Waals surface area contributed by atoms with Crippen LogP contribution in [0, 0.1) is 0 Å². The molecule has 0 aliphatic carbocycles. The summed E-state index contributed by atoms with van der Waals surface area (Å²) >= 11 is 0. The van der Waals surface area contributed by atoms with Crippen molar-refractivity contribution in [2.75, 3.05) is 6.61 Å². The Morgan fingerprint density at radius 2 is 2.67 bits per heavy atom. The van der Waals surface area contributed by atoms with Crippen LogP contribution in [0.2, 0.25) is 0 Å². The van der Waals surface area contributed by atoms with E-state index in [9.17, 15) is 4.57 Å². The average Bonchev–Trinajstić information content (AvgIpc) is 1.61. The molecule has 2 nitrogen and oxygen atoms in total. The van der Waals surface area contributed by atoms with Crippen LogP contribution < -0.4 is 0 Å². The van der Waals surface area contributed by atoms with Crippen LogP contribution in [-0.2, 0) is 9.09 Å². The monoisotopic (exact) mass is 105 g/mol. The molecule has 0 saturated carbocycles. The summed E-state index contributed by atoms with van der Waals surface area (Å²) in [6.07, 6.45) is 1.55. The Balaban J connectivity index is 2.66. The minimum Gasteiger partial charge on any atom is -0.144 e. The maximum absolute atomic E-state index is 9.45. The first kappa shape index (κ1) is 5.80. The van der Waals surface area contributed by atoms with Gasteiger partial charge in [0.25, 0.3) is 0 Å². The molecule has 0 aromatic rings. The SMILES string of the molecule is C=CCO[PH+]=O. The third-order valence-electron chi connectivity index (χ3n) is 0.260. The van der Waals surface area contributed by atoms with E-state index >= 15 is 0 Å². The van der Waals surface area contributed by atoms with Gasteiger partial charge in [-0.15, -0.1) is 11.1 Å². The van der Waals surface area contributed by atoms with Gasteiger partial charge in [0, 0.05) is 0 Å². The second-order valence-electron chi connectivity index (χ2n) is 0.683. The van der Waals surface area contributed by atoms with Gasteiger partial charge >= 0.3 is 8.69 Å². The van der Waals surface area contributed by atoms with Crippen molar-refractivity contribution in [3.8, 4) is 0 Å².